The molecule has 5 rings (SSSR count). The van der Waals surface area contributed by atoms with E-state index in [4.69, 9.17) is 0 Å². The number of aldehydes is 1. The van der Waals surface area contributed by atoms with Gasteiger partial charge in [0.15, 0.2) is 0 Å². The molecule has 0 unspecified atom stereocenters. The summed E-state index contributed by atoms with van der Waals surface area (Å²) in [6.07, 6.45) is 10.7. The van der Waals surface area contributed by atoms with Crippen LogP contribution in [-0.4, -0.2) is 6.29 Å². The highest BCUT2D eigenvalue weighted by atomic mass is 16.1. The van der Waals surface area contributed by atoms with Gasteiger partial charge >= 0.3 is 0 Å². The van der Waals surface area contributed by atoms with Crippen LogP contribution in [0.25, 0.3) is 0 Å². The summed E-state index contributed by atoms with van der Waals surface area (Å²) in [5.74, 6) is 1.35. The van der Waals surface area contributed by atoms with Gasteiger partial charge in [-0.05, 0) is 103 Å². The molecule has 0 radical (unpaired) electrons. The van der Waals surface area contributed by atoms with Crippen molar-refractivity contribution >= 4 is 6.29 Å². The molecule has 1 aromatic rings. The SMILES string of the molecule is C[C@@]12CCC[C@H](C=O)[C@H]1CC[C@]1(C#N)[C@H]3CCc4ccc(C#N)cc4[C@]3(C)CC[C@@H]21. The van der Waals surface area contributed by atoms with Gasteiger partial charge in [-0.2, -0.15) is 10.5 Å². The number of carbonyl (C=O) groups is 1. The predicted octanol–water partition coefficient (Wildman–Crippen LogP) is 5.71. The number of fused-ring (bicyclic) bond motifs is 7. The van der Waals surface area contributed by atoms with Gasteiger partial charge < -0.3 is 4.79 Å². The number of nitriles is 2. The fraction of sp³-hybridized carbons (Fsp3) is 0.667. The van der Waals surface area contributed by atoms with Crippen LogP contribution in [0.5, 0.6) is 0 Å². The molecule has 0 amide bonds. The van der Waals surface area contributed by atoms with Gasteiger partial charge in [0.25, 0.3) is 0 Å². The Morgan fingerprint density at radius 3 is 2.60 bits per heavy atom. The van der Waals surface area contributed by atoms with E-state index in [0.29, 0.717) is 17.8 Å². The molecule has 3 nitrogen and oxygen atoms in total. The van der Waals surface area contributed by atoms with Crippen LogP contribution in [0.4, 0.5) is 0 Å². The van der Waals surface area contributed by atoms with E-state index in [1.54, 1.807) is 0 Å². The van der Waals surface area contributed by atoms with Crippen LogP contribution in [-0.2, 0) is 16.6 Å². The lowest BCUT2D eigenvalue weighted by Gasteiger charge is -2.66. The molecule has 0 bridgehead atoms. The number of rotatable bonds is 1. The summed E-state index contributed by atoms with van der Waals surface area (Å²) in [6, 6.07) is 11.5. The van der Waals surface area contributed by atoms with Crippen molar-refractivity contribution < 1.29 is 4.79 Å². The standard InChI is InChI=1S/C27H32N2O/c1-25-11-3-4-20(16-30)21(25)9-13-27(17-29)23-8-7-19-6-5-18(15-28)14-22(19)26(23,2)12-10-24(25)27/h5-6,14,16,20-21,23-24H,3-4,7-13H2,1-2H3/t20-,21-,23+,24+,25-,26+,27+/m1/s1. The van der Waals surface area contributed by atoms with Crippen molar-refractivity contribution in [1.29, 1.82) is 10.5 Å². The van der Waals surface area contributed by atoms with Crippen LogP contribution in [0, 0.1) is 57.2 Å². The molecule has 3 heteroatoms. The Balaban J connectivity index is 1.61. The summed E-state index contributed by atoms with van der Waals surface area (Å²) in [6.45, 7) is 4.78. The van der Waals surface area contributed by atoms with Gasteiger partial charge in [-0.3, -0.25) is 0 Å². The van der Waals surface area contributed by atoms with Crippen LogP contribution >= 0.6 is 0 Å². The molecular formula is C27H32N2O. The van der Waals surface area contributed by atoms with E-state index in [2.05, 4.69) is 38.1 Å². The van der Waals surface area contributed by atoms with Crippen molar-refractivity contribution in [3.8, 4) is 12.1 Å². The third kappa shape index (κ3) is 2.39. The molecule has 156 valence electrons. The third-order valence-electron chi connectivity index (χ3n) is 10.2. The first-order valence-corrected chi connectivity index (χ1v) is 11.8. The van der Waals surface area contributed by atoms with Gasteiger partial charge in [-0.15, -0.1) is 0 Å². The Labute approximate surface area is 180 Å². The van der Waals surface area contributed by atoms with Crippen molar-refractivity contribution in [1.82, 2.24) is 0 Å². The van der Waals surface area contributed by atoms with Gasteiger partial charge in [-0.25, -0.2) is 0 Å². The molecule has 3 fully saturated rings. The van der Waals surface area contributed by atoms with E-state index in [0.717, 1.165) is 63.4 Å². The first-order valence-electron chi connectivity index (χ1n) is 11.8. The molecule has 7 atom stereocenters. The van der Waals surface area contributed by atoms with Crippen LogP contribution < -0.4 is 0 Å². The molecule has 0 aliphatic heterocycles. The topological polar surface area (TPSA) is 64.7 Å². The number of benzene rings is 1. The Bertz CT molecular complexity index is 970. The van der Waals surface area contributed by atoms with Crippen LogP contribution in [0.3, 0.4) is 0 Å². The molecule has 30 heavy (non-hydrogen) atoms. The number of carbonyl (C=O) groups excluding carboxylic acids is 1. The molecule has 0 heterocycles. The van der Waals surface area contributed by atoms with Crippen LogP contribution in [0.2, 0.25) is 0 Å². The number of nitrogens with zero attached hydrogens (tertiary/aromatic N) is 2. The Morgan fingerprint density at radius 1 is 1.03 bits per heavy atom. The first kappa shape index (κ1) is 19.8. The maximum Gasteiger partial charge on any atom is 0.123 e. The van der Waals surface area contributed by atoms with Gasteiger partial charge in [0.05, 0.1) is 23.1 Å². The Kier molecular flexibility index (Phi) is 4.41. The maximum absolute atomic E-state index is 11.9. The van der Waals surface area contributed by atoms with E-state index in [1.165, 1.54) is 17.4 Å². The highest BCUT2D eigenvalue weighted by Gasteiger charge is 2.66. The summed E-state index contributed by atoms with van der Waals surface area (Å²) in [5.41, 5.74) is 3.21. The summed E-state index contributed by atoms with van der Waals surface area (Å²) in [4.78, 5) is 11.9. The largest absolute Gasteiger partial charge is 0.303 e. The molecule has 4 aliphatic carbocycles. The highest BCUT2D eigenvalue weighted by molar-refractivity contribution is 5.55. The molecule has 0 spiro atoms. The zero-order valence-corrected chi connectivity index (χ0v) is 18.3. The summed E-state index contributed by atoms with van der Waals surface area (Å²) in [5, 5.41) is 20.2. The minimum atomic E-state index is -0.302. The van der Waals surface area contributed by atoms with Crippen LogP contribution in [0.1, 0.15) is 81.9 Å². The first-order chi connectivity index (χ1) is 14.4. The minimum Gasteiger partial charge on any atom is -0.303 e. The molecule has 1 aromatic carbocycles. The van der Waals surface area contributed by atoms with E-state index in [9.17, 15) is 15.3 Å². The second-order valence-electron chi connectivity index (χ2n) is 11.1. The van der Waals surface area contributed by atoms with Gasteiger partial charge in [0.2, 0.25) is 0 Å². The molecule has 0 saturated heterocycles. The van der Waals surface area contributed by atoms with E-state index >= 15 is 0 Å². The molecule has 0 N–H and O–H groups in total. The van der Waals surface area contributed by atoms with Gasteiger partial charge in [0.1, 0.15) is 6.29 Å². The molecule has 3 saturated carbocycles. The number of aryl methyl sites for hydroxylation is 1. The van der Waals surface area contributed by atoms with Crippen molar-refractivity contribution in [2.45, 2.75) is 77.0 Å². The second-order valence-corrected chi connectivity index (χ2v) is 11.1. The fourth-order valence-electron chi connectivity index (χ4n) is 8.89. The summed E-state index contributed by atoms with van der Waals surface area (Å²) in [7, 11) is 0. The molecule has 4 aliphatic rings. The lowest BCUT2D eigenvalue weighted by Crippen LogP contribution is -2.62. The Hall–Kier alpha value is -2.13. The van der Waals surface area contributed by atoms with E-state index in [1.807, 2.05) is 6.07 Å². The second kappa shape index (κ2) is 6.68. The van der Waals surface area contributed by atoms with Crippen molar-refractivity contribution in [2.24, 2.45) is 34.5 Å². The van der Waals surface area contributed by atoms with Crippen molar-refractivity contribution in [3.05, 3.63) is 34.9 Å². The zero-order valence-electron chi connectivity index (χ0n) is 18.3. The van der Waals surface area contributed by atoms with Gasteiger partial charge in [-0.1, -0.05) is 26.3 Å². The van der Waals surface area contributed by atoms with E-state index in [-0.39, 0.29) is 22.2 Å². The minimum absolute atomic E-state index is 0.0331. The fourth-order valence-corrected chi connectivity index (χ4v) is 8.89. The lowest BCUT2D eigenvalue weighted by atomic mass is 9.37. The van der Waals surface area contributed by atoms with Gasteiger partial charge in [0, 0.05) is 5.92 Å². The quantitative estimate of drug-likeness (QED) is 0.567. The van der Waals surface area contributed by atoms with E-state index < -0.39 is 0 Å². The molecule has 0 aromatic heterocycles. The lowest BCUT2D eigenvalue weighted by molar-refractivity contribution is -0.153. The normalized spacial score (nSPS) is 44.3. The number of hydrogen-bond acceptors (Lipinski definition) is 3. The zero-order chi connectivity index (χ0) is 21.1. The number of hydrogen-bond donors (Lipinski definition) is 0. The summed E-state index contributed by atoms with van der Waals surface area (Å²) < 4.78 is 0. The summed E-state index contributed by atoms with van der Waals surface area (Å²) >= 11 is 0. The maximum atomic E-state index is 11.9. The smallest absolute Gasteiger partial charge is 0.123 e. The van der Waals surface area contributed by atoms with Crippen LogP contribution in [0.15, 0.2) is 18.2 Å². The average molecular weight is 401 g/mol. The monoisotopic (exact) mass is 400 g/mol. The molecular weight excluding hydrogens is 368 g/mol. The predicted molar refractivity (Wildman–Crippen MR) is 115 cm³/mol. The van der Waals surface area contributed by atoms with Crippen molar-refractivity contribution in [2.75, 3.05) is 0 Å². The average Bonchev–Trinajstić information content (AvgIpc) is 2.77. The van der Waals surface area contributed by atoms with Crippen molar-refractivity contribution in [3.63, 3.8) is 0 Å². The third-order valence-corrected chi connectivity index (χ3v) is 10.2. The Morgan fingerprint density at radius 2 is 1.87 bits per heavy atom. The highest BCUT2D eigenvalue weighted by Crippen LogP contribution is 2.70.